The van der Waals surface area contributed by atoms with Crippen molar-refractivity contribution in [3.05, 3.63) is 91.0 Å². The zero-order valence-corrected chi connectivity index (χ0v) is 68.4. The lowest BCUT2D eigenvalue weighted by molar-refractivity contribution is -0.707. The molecule has 0 radical (unpaired) electrons. The summed E-state index contributed by atoms with van der Waals surface area (Å²) in [6.07, 6.45) is 22.4. The van der Waals surface area contributed by atoms with Gasteiger partial charge in [0.25, 0.3) is 0 Å². The number of alkyl halides is 12. The second-order valence-electron chi connectivity index (χ2n) is 29.2. The molecule has 4 saturated carbocycles. The number of aromatic hydroxyl groups is 8. The summed E-state index contributed by atoms with van der Waals surface area (Å²) in [7, 11) is -24.4. The quantitative estimate of drug-likeness (QED) is 0.0411. The zero-order valence-electron chi connectivity index (χ0n) is 65.1. The highest BCUT2D eigenvalue weighted by Crippen LogP contribution is 2.53. The van der Waals surface area contributed by atoms with Gasteiger partial charge in [0, 0.05) is 68.2 Å². The molecular formula is C72H108F12N4O26S4. The van der Waals surface area contributed by atoms with Crippen molar-refractivity contribution in [2.45, 2.75) is 252 Å². The molecule has 46 heteroatoms. The van der Waals surface area contributed by atoms with Crippen molar-refractivity contribution in [2.75, 3.05) is 52.9 Å². The second kappa shape index (κ2) is 46.2. The smallest absolute Gasteiger partial charge is 0.485 e. The van der Waals surface area contributed by atoms with Crippen LogP contribution in [0.4, 0.5) is 52.7 Å². The van der Waals surface area contributed by atoms with E-state index in [1.165, 1.54) is 25.7 Å². The van der Waals surface area contributed by atoms with Gasteiger partial charge in [-0.25, -0.2) is 33.7 Å². The molecule has 7 aliphatic rings. The second-order valence-corrected chi connectivity index (χ2v) is 34.7. The highest BCUT2D eigenvalue weighted by Gasteiger charge is 2.41. The molecule has 118 heavy (non-hydrogen) atoms. The van der Waals surface area contributed by atoms with E-state index in [1.807, 2.05) is 52.0 Å². The minimum absolute atomic E-state index is 0. The number of quaternary nitrogens is 4. The van der Waals surface area contributed by atoms with E-state index in [-0.39, 0.29) is 56.9 Å². The highest BCUT2D eigenvalue weighted by atomic mass is 32.2. The molecule has 0 atom stereocenters. The minimum Gasteiger partial charge on any atom is -0.741 e. The van der Waals surface area contributed by atoms with Crippen LogP contribution in [0.25, 0.3) is 0 Å². The van der Waals surface area contributed by atoms with E-state index in [0.29, 0.717) is 117 Å². The van der Waals surface area contributed by atoms with E-state index in [0.717, 1.165) is 156 Å². The van der Waals surface area contributed by atoms with Gasteiger partial charge in [0.1, 0.15) is 72.2 Å². The van der Waals surface area contributed by atoms with E-state index in [4.69, 9.17) is 70.8 Å². The Balaban J connectivity index is 0.000000630. The lowest BCUT2D eigenvalue weighted by atomic mass is 9.78. The molecule has 4 aromatic carbocycles. The predicted molar refractivity (Wildman–Crippen MR) is 393 cm³/mol. The summed E-state index contributed by atoms with van der Waals surface area (Å²) in [5.74, 6) is -2.97. The first-order valence-corrected chi connectivity index (χ1v) is 43.4. The third-order valence-corrected chi connectivity index (χ3v) is 23.6. The maximum absolute atomic E-state index is 12.5. The first-order valence-electron chi connectivity index (χ1n) is 37.8. The molecular weight excluding hydrogens is 1690 g/mol. The number of rotatable bonds is 12. The van der Waals surface area contributed by atoms with Crippen molar-refractivity contribution in [3.8, 4) is 46.0 Å². The third kappa shape index (κ3) is 30.6. The standard InChI is InChI=1S/C60H84N4O8.2C4H8O2.4CHF3O3S.2H2O/c1-33-41-25-43(55(67)49(53(41)65)29-61-37-17-9-5-10-18-37)34(2)45-27-47(59(71)51(57(45)69)31-63-39-21-13-7-14-22-39)36(4)48-28-46(58(70)52(60(48)72)32-64-40-23-15-8-16-24-40)35(3)44-26-42(33)54(66)50(56(44)68)30-62-38-19-11-6-12-20-38;2*1-2-6-4-3-5-1;4*2-1(3,4)8(5,6)7;;/h25-28,33-40,61-72H,5-24,29-32H2,1-4H3;2*1-4H2;4*(H,5,6,7);2*1H2. The van der Waals surface area contributed by atoms with Crippen molar-refractivity contribution in [1.29, 1.82) is 0 Å². The minimum atomic E-state index is -6.09. The van der Waals surface area contributed by atoms with Gasteiger partial charge in [-0.2, -0.15) is 52.7 Å². The monoisotopic (exact) mass is 1800 g/mol. The lowest BCUT2D eigenvalue weighted by Crippen LogP contribution is -2.88. The van der Waals surface area contributed by atoms with Crippen LogP contribution in [-0.4, -0.2) is 203 Å². The molecule has 30 nitrogen and oxygen atoms in total. The van der Waals surface area contributed by atoms with Crippen molar-refractivity contribution in [2.24, 2.45) is 0 Å². The Kier molecular flexibility index (Phi) is 41.5. The van der Waals surface area contributed by atoms with Crippen LogP contribution >= 0.6 is 0 Å². The molecule has 11 rings (SSSR count). The van der Waals surface area contributed by atoms with E-state index in [9.17, 15) is 93.5 Å². The lowest BCUT2D eigenvalue weighted by Gasteiger charge is -2.29. The normalized spacial score (nSPS) is 20.2. The van der Waals surface area contributed by atoms with Crippen LogP contribution in [0.2, 0.25) is 0 Å². The molecule has 2 saturated heterocycles. The Bertz CT molecular complexity index is 3640. The number of phenolic OH excluding ortho intramolecular Hbond substituents is 8. The summed E-state index contributed by atoms with van der Waals surface area (Å²) in [4.78, 5) is 0. The largest absolute Gasteiger partial charge is 0.741 e. The fraction of sp³-hybridized carbons (Fsp3) is 0.667. The molecule has 2 heterocycles. The number of nitrogens with two attached hydrogens (primary N) is 4. The fourth-order valence-electron chi connectivity index (χ4n) is 14.6. The summed E-state index contributed by atoms with van der Waals surface area (Å²) in [6.45, 7) is 15.3. The topological polar surface area (TPSA) is 557 Å². The average molecular weight is 1800 g/mol. The summed E-state index contributed by atoms with van der Waals surface area (Å²) in [5, 5.41) is 109. The molecule has 8 bridgehead atoms. The molecule has 6 fully saturated rings. The molecule has 680 valence electrons. The fourth-order valence-corrected chi connectivity index (χ4v) is 14.6. The van der Waals surface area contributed by atoms with Gasteiger partial charge in [0.15, 0.2) is 40.5 Å². The predicted octanol–water partition coefficient (Wildman–Crippen LogP) is 6.46. The molecule has 0 spiro atoms. The van der Waals surface area contributed by atoms with Crippen LogP contribution in [0.15, 0.2) is 24.3 Å². The maximum Gasteiger partial charge on any atom is 0.485 e. The van der Waals surface area contributed by atoms with Gasteiger partial charge in [-0.05, 0) is 127 Å². The molecule has 0 amide bonds. The zero-order chi connectivity index (χ0) is 87.3. The van der Waals surface area contributed by atoms with Crippen LogP contribution in [0.1, 0.15) is 247 Å². The third-order valence-electron chi connectivity index (χ3n) is 21.3. The number of halogens is 12. The van der Waals surface area contributed by atoms with Gasteiger partial charge < -0.3 is 110 Å². The van der Waals surface area contributed by atoms with Crippen molar-refractivity contribution >= 4 is 40.5 Å². The van der Waals surface area contributed by atoms with Gasteiger partial charge in [0.2, 0.25) is 0 Å². The van der Waals surface area contributed by atoms with Gasteiger partial charge in [-0.1, -0.05) is 53.4 Å². The van der Waals surface area contributed by atoms with Crippen LogP contribution in [-0.2, 0) is 85.6 Å². The van der Waals surface area contributed by atoms with Crippen molar-refractivity contribution in [1.82, 2.24) is 0 Å². The summed E-state index contributed by atoms with van der Waals surface area (Å²) < 4.78 is 255. The molecule has 20 N–H and O–H groups in total. The van der Waals surface area contributed by atoms with E-state index in [2.05, 4.69) is 21.3 Å². The van der Waals surface area contributed by atoms with E-state index in [1.54, 1.807) is 0 Å². The first-order chi connectivity index (χ1) is 53.7. The molecule has 0 aromatic heterocycles. The number of fused-ring (bicyclic) bond motifs is 8. The van der Waals surface area contributed by atoms with Gasteiger partial charge in [-0.15, -0.1) is 0 Å². The molecule has 4 aromatic rings. The Labute approximate surface area is 676 Å². The maximum atomic E-state index is 12.5. The van der Waals surface area contributed by atoms with Crippen LogP contribution in [0.5, 0.6) is 46.0 Å². The number of phenols is 8. The van der Waals surface area contributed by atoms with Crippen molar-refractivity contribution < 1.29 is 197 Å². The van der Waals surface area contributed by atoms with Crippen LogP contribution in [0.3, 0.4) is 0 Å². The molecule has 2 aliphatic heterocycles. The van der Waals surface area contributed by atoms with Crippen LogP contribution in [0, 0.1) is 0 Å². The average Bonchev–Trinajstić information content (AvgIpc) is 0.741. The van der Waals surface area contributed by atoms with E-state index < -0.39 is 86.2 Å². The summed E-state index contributed by atoms with van der Waals surface area (Å²) in [5.41, 5.74) is -17.0. The van der Waals surface area contributed by atoms with Gasteiger partial charge in [-0.3, -0.25) is 0 Å². The Morgan fingerprint density at radius 2 is 0.407 bits per heavy atom. The highest BCUT2D eigenvalue weighted by molar-refractivity contribution is 7.87. The van der Waals surface area contributed by atoms with Crippen molar-refractivity contribution in [3.63, 3.8) is 0 Å². The number of ether oxygens (including phenoxy) is 4. The number of hydrogen-bond acceptors (Lipinski definition) is 24. The Morgan fingerprint density at radius 3 is 0.508 bits per heavy atom. The number of benzene rings is 4. The van der Waals surface area contributed by atoms with E-state index >= 15 is 0 Å². The number of hydrogen-bond donors (Lipinski definition) is 12. The Morgan fingerprint density at radius 1 is 0.288 bits per heavy atom. The van der Waals surface area contributed by atoms with Gasteiger partial charge >= 0.3 is 22.0 Å². The summed E-state index contributed by atoms with van der Waals surface area (Å²) >= 11 is 0. The first kappa shape index (κ1) is 106. The van der Waals surface area contributed by atoms with Crippen LogP contribution < -0.4 is 21.3 Å². The molecule has 5 aliphatic carbocycles. The SMILES string of the molecule is C1COCCO1.C1COCCO1.CC1c2cc(c(O)c(C[NH2+]C3CCCCC3)c2O)C(C)c2cc(c(O)c(C[NH2+]C3CCCCC3)c2O)C(C)c2cc(c(O)c(C[NH2+]C3CCCCC3)c2O)C(C)c2cc1c(O)c(C[NH2+]C1CCCCC1)c2O.O.O.O=S(=O)([O-])C(F)(F)F.O=S(=O)([O-])C(F)(F)F.O=S(=O)([O-])C(F)(F)F.O=S(=O)([O-])C(F)(F)F. The van der Waals surface area contributed by atoms with Gasteiger partial charge in [0.05, 0.1) is 99.3 Å². The Hall–Kier alpha value is -6.32. The molecule has 0 unspecified atom stereocenters. The summed E-state index contributed by atoms with van der Waals surface area (Å²) in [6, 6.07) is 8.66.